The zero-order chi connectivity index (χ0) is 19.4. The summed E-state index contributed by atoms with van der Waals surface area (Å²) in [7, 11) is 0. The molecule has 0 spiro atoms. The number of aromatic nitrogens is 1. The molecule has 0 radical (unpaired) electrons. The van der Waals surface area contributed by atoms with Crippen molar-refractivity contribution >= 4 is 16.8 Å². The molecule has 3 nitrogen and oxygen atoms in total. The first-order valence-electron chi connectivity index (χ1n) is 8.33. The molecule has 0 saturated carbocycles. The Bertz CT molecular complexity index is 1040. The molecule has 0 saturated heterocycles. The fourth-order valence-corrected chi connectivity index (χ4v) is 2.85. The first-order valence-corrected chi connectivity index (χ1v) is 8.33. The molecule has 1 heterocycles. The highest BCUT2D eigenvalue weighted by Gasteiger charge is 2.30. The molecule has 0 unspecified atom stereocenters. The fraction of sp³-hybridized carbons (Fsp3) is 0.190. The first kappa shape index (κ1) is 18.6. The Hall–Kier alpha value is -3.20. The van der Waals surface area contributed by atoms with Crippen LogP contribution < -0.4 is 5.32 Å². The van der Waals surface area contributed by atoms with Gasteiger partial charge < -0.3 is 10.3 Å². The summed E-state index contributed by atoms with van der Waals surface area (Å²) in [5.41, 5.74) is 2.34. The predicted octanol–water partition coefficient (Wildman–Crippen LogP) is 4.21. The normalized spacial score (nSPS) is 11.1. The van der Waals surface area contributed by atoms with Crippen molar-refractivity contribution in [1.29, 1.82) is 0 Å². The second kappa shape index (κ2) is 7.58. The number of aryl methyl sites for hydroxylation is 1. The van der Waals surface area contributed by atoms with Crippen molar-refractivity contribution in [3.63, 3.8) is 0 Å². The number of rotatable bonds is 3. The number of aromatic amines is 1. The molecule has 0 fully saturated rings. The molecule has 3 rings (SSSR count). The smallest absolute Gasteiger partial charge is 0.358 e. The van der Waals surface area contributed by atoms with Crippen LogP contribution in [0.25, 0.3) is 10.9 Å². The average Bonchev–Trinajstić information content (AvgIpc) is 2.94. The van der Waals surface area contributed by atoms with E-state index in [9.17, 15) is 18.0 Å². The molecule has 0 aliphatic heterocycles. The van der Waals surface area contributed by atoms with Crippen molar-refractivity contribution in [2.24, 2.45) is 0 Å². The quantitative estimate of drug-likeness (QED) is 0.667. The number of hydrogen-bond donors (Lipinski definition) is 2. The van der Waals surface area contributed by atoms with E-state index in [4.69, 9.17) is 0 Å². The average molecular weight is 370 g/mol. The van der Waals surface area contributed by atoms with Gasteiger partial charge in [0.1, 0.15) is 0 Å². The molecule has 0 aliphatic carbocycles. The number of hydrogen-bond acceptors (Lipinski definition) is 1. The summed E-state index contributed by atoms with van der Waals surface area (Å²) >= 11 is 0. The highest BCUT2D eigenvalue weighted by Crippen LogP contribution is 2.29. The minimum atomic E-state index is -4.40. The van der Waals surface area contributed by atoms with E-state index in [0.29, 0.717) is 0 Å². The zero-order valence-electron chi connectivity index (χ0n) is 14.6. The van der Waals surface area contributed by atoms with E-state index in [1.807, 2.05) is 31.2 Å². The Morgan fingerprint density at radius 2 is 1.93 bits per heavy atom. The van der Waals surface area contributed by atoms with Gasteiger partial charge in [-0.15, -0.1) is 0 Å². The van der Waals surface area contributed by atoms with E-state index in [-0.39, 0.29) is 24.4 Å². The van der Waals surface area contributed by atoms with Crippen molar-refractivity contribution in [3.8, 4) is 11.8 Å². The van der Waals surface area contributed by atoms with Crippen LogP contribution in [0.3, 0.4) is 0 Å². The van der Waals surface area contributed by atoms with Crippen LogP contribution in [0.15, 0.2) is 48.5 Å². The summed E-state index contributed by atoms with van der Waals surface area (Å²) in [4.78, 5) is 15.4. The maximum absolute atomic E-state index is 12.7. The SMILES string of the molecule is Cc1[nH]c2ccccc2c1CC(=O)NCC#Cc1cccc(C(F)(F)F)c1. The standard InChI is InChI=1S/C21H17F3N2O/c1-14-18(17-9-2-3-10-19(17)26-14)13-20(27)25-11-5-7-15-6-4-8-16(12-15)21(22,23)24/h2-4,6,8-10,12,26H,11,13H2,1H3,(H,25,27). The van der Waals surface area contributed by atoms with Gasteiger partial charge >= 0.3 is 6.18 Å². The molecular weight excluding hydrogens is 353 g/mol. The van der Waals surface area contributed by atoms with Crippen molar-refractivity contribution in [2.45, 2.75) is 19.5 Å². The van der Waals surface area contributed by atoms with Crippen molar-refractivity contribution in [2.75, 3.05) is 6.54 Å². The highest BCUT2D eigenvalue weighted by atomic mass is 19.4. The Balaban J connectivity index is 1.61. The monoisotopic (exact) mass is 370 g/mol. The molecule has 3 aromatic rings. The van der Waals surface area contributed by atoms with Crippen LogP contribution in [0.5, 0.6) is 0 Å². The third kappa shape index (κ3) is 4.50. The van der Waals surface area contributed by atoms with Gasteiger partial charge in [0, 0.05) is 22.2 Å². The summed E-state index contributed by atoms with van der Waals surface area (Å²) < 4.78 is 38.0. The molecule has 27 heavy (non-hydrogen) atoms. The van der Waals surface area contributed by atoms with E-state index >= 15 is 0 Å². The van der Waals surface area contributed by atoms with Crippen LogP contribution in [0.4, 0.5) is 13.2 Å². The van der Waals surface area contributed by atoms with Crippen LogP contribution in [0, 0.1) is 18.8 Å². The number of benzene rings is 2. The van der Waals surface area contributed by atoms with E-state index in [1.165, 1.54) is 12.1 Å². The van der Waals surface area contributed by atoms with Crippen LogP contribution >= 0.6 is 0 Å². The minimum absolute atomic E-state index is 0.0660. The molecule has 138 valence electrons. The maximum atomic E-state index is 12.7. The van der Waals surface area contributed by atoms with E-state index in [1.54, 1.807) is 0 Å². The molecule has 0 aliphatic rings. The molecule has 6 heteroatoms. The van der Waals surface area contributed by atoms with Gasteiger partial charge in [-0.2, -0.15) is 13.2 Å². The highest BCUT2D eigenvalue weighted by molar-refractivity contribution is 5.90. The number of fused-ring (bicyclic) bond motifs is 1. The number of para-hydroxylation sites is 1. The summed E-state index contributed by atoms with van der Waals surface area (Å²) in [6, 6.07) is 12.5. The predicted molar refractivity (Wildman–Crippen MR) is 98.1 cm³/mol. The molecule has 1 amide bonds. The Kier molecular flexibility index (Phi) is 5.22. The van der Waals surface area contributed by atoms with Crippen LogP contribution in [0.1, 0.15) is 22.4 Å². The number of carbonyl (C=O) groups excluding carboxylic acids is 1. The fourth-order valence-electron chi connectivity index (χ4n) is 2.85. The molecule has 2 N–H and O–H groups in total. The minimum Gasteiger partial charge on any atom is -0.358 e. The lowest BCUT2D eigenvalue weighted by Crippen LogP contribution is -2.25. The van der Waals surface area contributed by atoms with Crippen molar-refractivity contribution in [3.05, 3.63) is 70.9 Å². The Morgan fingerprint density at radius 3 is 2.70 bits per heavy atom. The van der Waals surface area contributed by atoms with E-state index in [0.717, 1.165) is 34.3 Å². The van der Waals surface area contributed by atoms with Gasteiger partial charge in [-0.25, -0.2) is 0 Å². The Morgan fingerprint density at radius 1 is 1.15 bits per heavy atom. The van der Waals surface area contributed by atoms with Crippen LogP contribution in [0.2, 0.25) is 0 Å². The number of carbonyl (C=O) groups is 1. The van der Waals surface area contributed by atoms with Gasteiger partial charge in [0.05, 0.1) is 18.5 Å². The number of nitrogens with one attached hydrogen (secondary N) is 2. The zero-order valence-corrected chi connectivity index (χ0v) is 14.6. The first-order chi connectivity index (χ1) is 12.8. The third-order valence-electron chi connectivity index (χ3n) is 4.16. The van der Waals surface area contributed by atoms with Gasteiger partial charge in [-0.3, -0.25) is 4.79 Å². The number of alkyl halides is 3. The van der Waals surface area contributed by atoms with Crippen molar-refractivity contribution < 1.29 is 18.0 Å². The number of amides is 1. The number of H-pyrrole nitrogens is 1. The van der Waals surface area contributed by atoms with Gasteiger partial charge in [0.15, 0.2) is 0 Å². The summed E-state index contributed by atoms with van der Waals surface area (Å²) in [6.45, 7) is 1.98. The maximum Gasteiger partial charge on any atom is 0.416 e. The van der Waals surface area contributed by atoms with Gasteiger partial charge in [0.25, 0.3) is 0 Å². The number of halogens is 3. The molecule has 0 atom stereocenters. The molecule has 2 aromatic carbocycles. The van der Waals surface area contributed by atoms with E-state index < -0.39 is 11.7 Å². The lowest BCUT2D eigenvalue weighted by molar-refractivity contribution is -0.137. The van der Waals surface area contributed by atoms with Crippen molar-refractivity contribution in [1.82, 2.24) is 10.3 Å². The third-order valence-corrected chi connectivity index (χ3v) is 4.16. The summed E-state index contributed by atoms with van der Waals surface area (Å²) in [5.74, 6) is 5.13. The second-order valence-corrected chi connectivity index (χ2v) is 6.11. The second-order valence-electron chi connectivity index (χ2n) is 6.11. The molecular formula is C21H17F3N2O. The summed E-state index contributed by atoms with van der Waals surface area (Å²) in [6.07, 6.45) is -4.19. The lowest BCUT2D eigenvalue weighted by atomic mass is 10.1. The molecule has 1 aromatic heterocycles. The van der Waals surface area contributed by atoms with Gasteiger partial charge in [-0.1, -0.05) is 36.1 Å². The van der Waals surface area contributed by atoms with Crippen LogP contribution in [-0.2, 0) is 17.4 Å². The molecule has 0 bridgehead atoms. The van der Waals surface area contributed by atoms with Gasteiger partial charge in [-0.05, 0) is 36.8 Å². The van der Waals surface area contributed by atoms with Crippen LogP contribution in [-0.4, -0.2) is 17.4 Å². The Labute approximate surface area is 154 Å². The lowest BCUT2D eigenvalue weighted by Gasteiger charge is -2.05. The van der Waals surface area contributed by atoms with E-state index in [2.05, 4.69) is 22.1 Å². The largest absolute Gasteiger partial charge is 0.416 e. The van der Waals surface area contributed by atoms with Gasteiger partial charge in [0.2, 0.25) is 5.91 Å². The topological polar surface area (TPSA) is 44.9 Å². The summed E-state index contributed by atoms with van der Waals surface area (Å²) in [5, 5.41) is 3.68.